The van der Waals surface area contributed by atoms with Crippen molar-refractivity contribution in [2.24, 2.45) is 0 Å². The first-order chi connectivity index (χ1) is 21.2. The number of aryl methyl sites for hydroxylation is 2. The van der Waals surface area contributed by atoms with Crippen LogP contribution < -0.4 is 15.2 Å². The van der Waals surface area contributed by atoms with E-state index in [-0.39, 0.29) is 18.8 Å². The van der Waals surface area contributed by atoms with Crippen molar-refractivity contribution in [1.82, 2.24) is 9.47 Å². The van der Waals surface area contributed by atoms with Crippen molar-refractivity contribution in [2.45, 2.75) is 31.7 Å². The number of rotatable bonds is 18. The van der Waals surface area contributed by atoms with Gasteiger partial charge in [0.15, 0.2) is 12.4 Å². The van der Waals surface area contributed by atoms with E-state index in [0.717, 1.165) is 29.9 Å². The summed E-state index contributed by atoms with van der Waals surface area (Å²) in [7, 11) is 5.62. The molecule has 1 aromatic heterocycles. The minimum Gasteiger partial charge on any atom is -0.497 e. The molecular weight excluding hydrogens is 643 g/mol. The molecule has 0 bridgehead atoms. The zero-order valence-electron chi connectivity index (χ0n) is 25.3. The summed E-state index contributed by atoms with van der Waals surface area (Å²) in [5.41, 5.74) is 0.484. The van der Waals surface area contributed by atoms with E-state index < -0.39 is 11.4 Å². The van der Waals surface area contributed by atoms with Crippen LogP contribution in [0, 0.1) is 0 Å². The summed E-state index contributed by atoms with van der Waals surface area (Å²) < 4.78 is 36.5. The number of oxazole rings is 1. The quantitative estimate of drug-likeness (QED) is 0.0810. The van der Waals surface area contributed by atoms with Crippen LogP contribution in [0.5, 0.6) is 11.5 Å². The van der Waals surface area contributed by atoms with Gasteiger partial charge in [0, 0.05) is 17.6 Å². The van der Waals surface area contributed by atoms with E-state index in [1.54, 1.807) is 25.3 Å². The van der Waals surface area contributed by atoms with Crippen molar-refractivity contribution >= 4 is 51.6 Å². The Morgan fingerprint density at radius 2 is 1.89 bits per heavy atom. The van der Waals surface area contributed by atoms with Gasteiger partial charge in [-0.05, 0) is 98.5 Å². The second-order valence-corrected chi connectivity index (χ2v) is 16.8. The summed E-state index contributed by atoms with van der Waals surface area (Å²) >= 11 is 13.1. The predicted octanol–water partition coefficient (Wildman–Crippen LogP) is 6.99. The number of likely N-dealkylation sites (N-methyl/N-ethyl adjacent to an activating group) is 1. The summed E-state index contributed by atoms with van der Waals surface area (Å²) in [6.45, 7) is 3.06. The Bertz CT molecular complexity index is 1610. The van der Waals surface area contributed by atoms with Gasteiger partial charge in [0.2, 0.25) is 0 Å². The normalized spacial score (nSPS) is 13.7. The van der Waals surface area contributed by atoms with E-state index in [1.807, 2.05) is 56.3 Å². The topological polar surface area (TPSA) is 84.5 Å². The second kappa shape index (κ2) is 16.8. The van der Waals surface area contributed by atoms with Crippen LogP contribution in [0.4, 0.5) is 0 Å². The van der Waals surface area contributed by atoms with Crippen LogP contribution in [0.15, 0.2) is 75.9 Å². The smallest absolute Gasteiger partial charge is 0.420 e. The lowest BCUT2D eigenvalue weighted by Gasteiger charge is -2.25. The zero-order chi connectivity index (χ0) is 31.5. The molecule has 0 radical (unpaired) electrons. The van der Waals surface area contributed by atoms with Crippen LogP contribution in [0.2, 0.25) is 5.02 Å². The maximum atomic E-state index is 12.5. The molecular formula is C31H38ClN2O7PS2. The average Bonchev–Trinajstić information content (AvgIpc) is 3.31. The van der Waals surface area contributed by atoms with Crippen molar-refractivity contribution in [1.29, 1.82) is 0 Å². The minimum absolute atomic E-state index is 0.0831. The number of ether oxygens (including phenoxy) is 3. The van der Waals surface area contributed by atoms with Gasteiger partial charge in [0.25, 0.3) is 5.69 Å². The molecule has 3 aromatic carbocycles. The number of aromatic nitrogens is 1. The molecule has 13 heteroatoms. The highest BCUT2D eigenvalue weighted by molar-refractivity contribution is 8.67. The van der Waals surface area contributed by atoms with E-state index in [2.05, 4.69) is 18.2 Å². The minimum atomic E-state index is -2.85. The number of hydrogen-bond donors (Lipinski definition) is 0. The van der Waals surface area contributed by atoms with Crippen molar-refractivity contribution in [3.63, 3.8) is 0 Å². The highest BCUT2D eigenvalue weighted by Gasteiger charge is 2.23. The van der Waals surface area contributed by atoms with Crippen molar-refractivity contribution in [2.75, 3.05) is 47.8 Å². The lowest BCUT2D eigenvalue weighted by molar-refractivity contribution is -0.0598. The lowest BCUT2D eigenvalue weighted by atomic mass is 10.0. The standard InChI is InChI=1S/C31H38ClN2O7PS2/c1-5-39-42(43,44-21-34-28-16-15-25(32)18-30(28)41-31(34)35)40-22-38-27(19-33(2)3)20-37-29-12-7-6-10-24(29)14-13-23-9-8-11-26(17-23)36-4/h6-12,15-18,27H,5,13-14,19-22H2,1-4H3/t27-,42?/m1/s1. The molecule has 0 saturated carbocycles. The van der Waals surface area contributed by atoms with Crippen LogP contribution in [0.25, 0.3) is 11.1 Å². The first-order valence-electron chi connectivity index (χ1n) is 14.1. The number of hydrogen-bond acceptors (Lipinski definition) is 10. The van der Waals surface area contributed by atoms with E-state index >= 15 is 0 Å². The first kappa shape index (κ1) is 34.5. The Balaban J connectivity index is 1.34. The van der Waals surface area contributed by atoms with Gasteiger partial charge in [-0.1, -0.05) is 41.9 Å². The molecule has 0 saturated heterocycles. The summed E-state index contributed by atoms with van der Waals surface area (Å²) in [6, 6.07) is 21.2. The third-order valence-electron chi connectivity index (χ3n) is 6.56. The van der Waals surface area contributed by atoms with Gasteiger partial charge in [0.05, 0.1) is 25.1 Å². The molecule has 0 amide bonds. The first-order valence-corrected chi connectivity index (χ1v) is 18.7. The van der Waals surface area contributed by atoms with Crippen molar-refractivity contribution in [3.05, 3.63) is 93.4 Å². The van der Waals surface area contributed by atoms with E-state index in [9.17, 15) is 4.79 Å². The maximum absolute atomic E-state index is 12.5. The second-order valence-electron chi connectivity index (χ2n) is 10.1. The predicted molar refractivity (Wildman–Crippen MR) is 181 cm³/mol. The number of halogens is 1. The molecule has 238 valence electrons. The summed E-state index contributed by atoms with van der Waals surface area (Å²) in [6.07, 6.45) is 1.39. The SMILES string of the molecule is CCOP(=S)(OCO[C@@H](COc1ccccc1CCc1cccc(OC)c1)CN(C)C)SCn1c(=O)oc2cc(Cl)ccc21. The number of fused-ring (bicyclic) bond motifs is 1. The highest BCUT2D eigenvalue weighted by atomic mass is 35.5. The van der Waals surface area contributed by atoms with Crippen LogP contribution in [0.1, 0.15) is 18.1 Å². The fourth-order valence-corrected chi connectivity index (χ4v) is 8.38. The molecule has 4 rings (SSSR count). The fourth-order valence-electron chi connectivity index (χ4n) is 4.45. The Morgan fingerprint density at radius 1 is 1.07 bits per heavy atom. The third kappa shape index (κ3) is 10.1. The molecule has 0 aliphatic rings. The fraction of sp³-hybridized carbons (Fsp3) is 0.387. The molecule has 0 aliphatic heterocycles. The van der Waals surface area contributed by atoms with Crippen LogP contribution in [0.3, 0.4) is 0 Å². The van der Waals surface area contributed by atoms with Gasteiger partial charge in [-0.3, -0.25) is 9.09 Å². The van der Waals surface area contributed by atoms with E-state index in [0.29, 0.717) is 35.9 Å². The zero-order valence-corrected chi connectivity index (χ0v) is 28.6. The average molecular weight is 681 g/mol. The summed E-state index contributed by atoms with van der Waals surface area (Å²) in [5, 5.41) is 0.485. The number of benzene rings is 3. The lowest BCUT2D eigenvalue weighted by Crippen LogP contribution is -2.34. The molecule has 2 atom stereocenters. The Morgan fingerprint density at radius 3 is 2.66 bits per heavy atom. The van der Waals surface area contributed by atoms with Gasteiger partial charge >= 0.3 is 5.76 Å². The number of methoxy groups -OCH3 is 1. The molecule has 1 unspecified atom stereocenters. The monoisotopic (exact) mass is 680 g/mol. The van der Waals surface area contributed by atoms with Gasteiger partial charge in [0.1, 0.15) is 24.2 Å². The molecule has 0 N–H and O–H groups in total. The van der Waals surface area contributed by atoms with Gasteiger partial charge in [-0.15, -0.1) is 0 Å². The Labute approximate surface area is 272 Å². The molecule has 44 heavy (non-hydrogen) atoms. The van der Waals surface area contributed by atoms with Gasteiger partial charge in [-0.2, -0.15) is 0 Å². The van der Waals surface area contributed by atoms with E-state index in [4.69, 9.17) is 51.1 Å². The van der Waals surface area contributed by atoms with Gasteiger partial charge < -0.3 is 28.1 Å². The Hall–Kier alpha value is -2.34. The van der Waals surface area contributed by atoms with Gasteiger partial charge in [-0.25, -0.2) is 4.79 Å². The summed E-state index contributed by atoms with van der Waals surface area (Å²) in [4.78, 5) is 14.5. The van der Waals surface area contributed by atoms with Crippen molar-refractivity contribution < 1.29 is 27.7 Å². The molecule has 4 aromatic rings. The third-order valence-corrected chi connectivity index (χ3v) is 12.0. The maximum Gasteiger partial charge on any atom is 0.420 e. The molecule has 9 nitrogen and oxygen atoms in total. The van der Waals surface area contributed by atoms with E-state index in [1.165, 1.54) is 21.5 Å². The summed E-state index contributed by atoms with van der Waals surface area (Å²) in [5.74, 6) is 1.36. The van der Waals surface area contributed by atoms with Crippen molar-refractivity contribution in [3.8, 4) is 11.5 Å². The number of nitrogens with zero attached hydrogens (tertiary/aromatic N) is 2. The van der Waals surface area contributed by atoms with Crippen LogP contribution in [-0.2, 0) is 44.3 Å². The molecule has 0 spiro atoms. The molecule has 1 heterocycles. The molecule has 0 fully saturated rings. The highest BCUT2D eigenvalue weighted by Crippen LogP contribution is 2.61. The Kier molecular flexibility index (Phi) is 13.2. The molecule has 0 aliphatic carbocycles. The number of para-hydroxylation sites is 1. The van der Waals surface area contributed by atoms with Crippen LogP contribution in [-0.4, -0.2) is 63.3 Å². The van der Waals surface area contributed by atoms with Crippen LogP contribution >= 0.6 is 28.7 Å². The largest absolute Gasteiger partial charge is 0.497 e.